The molecule has 0 aliphatic rings. The third-order valence-electron chi connectivity index (χ3n) is 1.95. The van der Waals surface area contributed by atoms with Gasteiger partial charge in [0.2, 0.25) is 0 Å². The molecule has 0 atom stereocenters. The third-order valence-corrected chi connectivity index (χ3v) is 1.95. The average molecular weight is 202 g/mol. The Morgan fingerprint density at radius 1 is 1.27 bits per heavy atom. The number of carbonyl (C=O) groups is 1. The normalized spacial score (nSPS) is 9.87. The van der Waals surface area contributed by atoms with Gasteiger partial charge in [-0.15, -0.1) is 0 Å². The highest BCUT2D eigenvalue weighted by Gasteiger charge is 2.05. The number of hydrogen-bond acceptors (Lipinski definition) is 3. The van der Waals surface area contributed by atoms with Crippen LogP contribution in [0.2, 0.25) is 0 Å². The van der Waals surface area contributed by atoms with Gasteiger partial charge in [-0.1, -0.05) is 0 Å². The number of nitrogens with zero attached hydrogens (tertiary/aromatic N) is 2. The van der Waals surface area contributed by atoms with Gasteiger partial charge in [0, 0.05) is 25.1 Å². The molecule has 2 rings (SSSR count). The van der Waals surface area contributed by atoms with Gasteiger partial charge in [0.15, 0.2) is 0 Å². The van der Waals surface area contributed by atoms with Crippen LogP contribution < -0.4 is 5.32 Å². The van der Waals surface area contributed by atoms with Crippen LogP contribution in [0.1, 0.15) is 16.1 Å². The fraction of sp³-hybridized carbons (Fsp3) is 0.100. The fourth-order valence-corrected chi connectivity index (χ4v) is 1.16. The molecule has 15 heavy (non-hydrogen) atoms. The molecule has 0 radical (unpaired) electrons. The topological polar surface area (TPSA) is 70.7 Å². The molecule has 2 heterocycles. The molecule has 0 bridgehead atoms. The summed E-state index contributed by atoms with van der Waals surface area (Å²) in [5.74, 6) is -0.163. The third kappa shape index (κ3) is 2.40. The molecule has 76 valence electrons. The van der Waals surface area contributed by atoms with Crippen molar-refractivity contribution in [3.05, 3.63) is 48.0 Å². The summed E-state index contributed by atoms with van der Waals surface area (Å²) >= 11 is 0. The number of pyridine rings is 1. The maximum Gasteiger partial charge on any atom is 0.269 e. The maximum absolute atomic E-state index is 11.5. The second-order valence-corrected chi connectivity index (χ2v) is 3.01. The summed E-state index contributed by atoms with van der Waals surface area (Å²) in [5.41, 5.74) is 1.47. The molecule has 5 heteroatoms. The molecule has 1 amide bonds. The van der Waals surface area contributed by atoms with E-state index in [1.807, 2.05) is 12.1 Å². The molecular weight excluding hydrogens is 192 g/mol. The molecule has 5 nitrogen and oxygen atoms in total. The van der Waals surface area contributed by atoms with E-state index < -0.39 is 0 Å². The van der Waals surface area contributed by atoms with Gasteiger partial charge >= 0.3 is 0 Å². The van der Waals surface area contributed by atoms with Crippen molar-refractivity contribution in [1.29, 1.82) is 0 Å². The maximum atomic E-state index is 11.5. The van der Waals surface area contributed by atoms with E-state index in [9.17, 15) is 4.79 Å². The summed E-state index contributed by atoms with van der Waals surface area (Å²) in [5, 5.41) is 9.06. The quantitative estimate of drug-likeness (QED) is 0.771. The van der Waals surface area contributed by atoms with Crippen molar-refractivity contribution in [3.8, 4) is 0 Å². The molecule has 0 saturated carbocycles. The van der Waals surface area contributed by atoms with E-state index in [2.05, 4.69) is 20.5 Å². The summed E-state index contributed by atoms with van der Waals surface area (Å²) in [7, 11) is 0. The largest absolute Gasteiger partial charge is 0.347 e. The molecule has 0 fully saturated rings. The van der Waals surface area contributed by atoms with Crippen LogP contribution in [0.4, 0.5) is 0 Å². The van der Waals surface area contributed by atoms with Gasteiger partial charge in [0.1, 0.15) is 5.69 Å². The van der Waals surface area contributed by atoms with Crippen molar-refractivity contribution in [2.75, 3.05) is 0 Å². The predicted molar refractivity (Wildman–Crippen MR) is 54.0 cm³/mol. The monoisotopic (exact) mass is 202 g/mol. The smallest absolute Gasteiger partial charge is 0.269 e. The first-order valence-electron chi connectivity index (χ1n) is 4.53. The molecule has 0 aliphatic heterocycles. The Bertz CT molecular complexity index is 424. The van der Waals surface area contributed by atoms with Crippen LogP contribution in [0.5, 0.6) is 0 Å². The van der Waals surface area contributed by atoms with Gasteiger partial charge in [0.05, 0.1) is 0 Å². The van der Waals surface area contributed by atoms with Crippen LogP contribution in [0, 0.1) is 0 Å². The molecule has 0 unspecified atom stereocenters. The van der Waals surface area contributed by atoms with Crippen LogP contribution in [0.15, 0.2) is 36.8 Å². The van der Waals surface area contributed by atoms with Crippen LogP contribution in [0.3, 0.4) is 0 Å². The lowest BCUT2D eigenvalue weighted by atomic mass is 10.2. The number of amides is 1. The summed E-state index contributed by atoms with van der Waals surface area (Å²) < 4.78 is 0. The molecule has 0 saturated heterocycles. The zero-order valence-corrected chi connectivity index (χ0v) is 7.97. The minimum atomic E-state index is -0.163. The van der Waals surface area contributed by atoms with Crippen LogP contribution in [0.25, 0.3) is 0 Å². The fourth-order valence-electron chi connectivity index (χ4n) is 1.16. The first-order valence-corrected chi connectivity index (χ1v) is 4.53. The summed E-state index contributed by atoms with van der Waals surface area (Å²) in [6.45, 7) is 0.486. The molecular formula is C10H10N4O. The number of carbonyl (C=O) groups excluding carboxylic acids is 1. The van der Waals surface area contributed by atoms with Crippen molar-refractivity contribution in [3.63, 3.8) is 0 Å². The van der Waals surface area contributed by atoms with E-state index >= 15 is 0 Å². The van der Waals surface area contributed by atoms with Gasteiger partial charge in [0.25, 0.3) is 5.91 Å². The Morgan fingerprint density at radius 2 is 2.07 bits per heavy atom. The number of nitrogens with one attached hydrogen (secondary N) is 2. The lowest BCUT2D eigenvalue weighted by molar-refractivity contribution is 0.0946. The van der Waals surface area contributed by atoms with Crippen molar-refractivity contribution in [1.82, 2.24) is 20.5 Å². The van der Waals surface area contributed by atoms with Gasteiger partial charge in [-0.25, -0.2) is 0 Å². The lowest BCUT2D eigenvalue weighted by Gasteiger charge is -2.02. The van der Waals surface area contributed by atoms with E-state index in [0.29, 0.717) is 12.2 Å². The summed E-state index contributed by atoms with van der Waals surface area (Å²) in [4.78, 5) is 15.4. The van der Waals surface area contributed by atoms with Crippen molar-refractivity contribution >= 4 is 5.91 Å². The highest BCUT2D eigenvalue weighted by atomic mass is 16.1. The number of aromatic nitrogens is 3. The Labute approximate surface area is 86.5 Å². The molecule has 0 aromatic carbocycles. The van der Waals surface area contributed by atoms with E-state index in [1.165, 1.54) is 0 Å². The molecule has 0 spiro atoms. The SMILES string of the molecule is O=C(NCc1ccncc1)c1ccn[nH]1. The lowest BCUT2D eigenvalue weighted by Crippen LogP contribution is -2.23. The second kappa shape index (κ2) is 4.36. The summed E-state index contributed by atoms with van der Waals surface area (Å²) in [6, 6.07) is 5.34. The minimum Gasteiger partial charge on any atom is -0.347 e. The molecule has 0 aliphatic carbocycles. The van der Waals surface area contributed by atoms with Crippen molar-refractivity contribution in [2.45, 2.75) is 6.54 Å². The van der Waals surface area contributed by atoms with Crippen LogP contribution >= 0.6 is 0 Å². The minimum absolute atomic E-state index is 0.163. The van der Waals surface area contributed by atoms with E-state index in [1.54, 1.807) is 24.7 Å². The zero-order valence-electron chi connectivity index (χ0n) is 7.97. The van der Waals surface area contributed by atoms with Crippen molar-refractivity contribution in [2.24, 2.45) is 0 Å². The Morgan fingerprint density at radius 3 is 2.73 bits per heavy atom. The highest BCUT2D eigenvalue weighted by Crippen LogP contribution is 1.97. The Kier molecular flexibility index (Phi) is 2.73. The van der Waals surface area contributed by atoms with Crippen molar-refractivity contribution < 1.29 is 4.79 Å². The Balaban J connectivity index is 1.92. The second-order valence-electron chi connectivity index (χ2n) is 3.01. The predicted octanol–water partition coefficient (Wildman–Crippen LogP) is 0.735. The van der Waals surface area contributed by atoms with E-state index in [0.717, 1.165) is 5.56 Å². The Hall–Kier alpha value is -2.17. The van der Waals surface area contributed by atoms with Gasteiger partial charge in [-0.05, 0) is 23.8 Å². The van der Waals surface area contributed by atoms with E-state index in [4.69, 9.17) is 0 Å². The molecule has 2 aromatic rings. The standard InChI is InChI=1S/C10H10N4O/c15-10(9-3-6-13-14-9)12-7-8-1-4-11-5-2-8/h1-6H,7H2,(H,12,15)(H,13,14). The molecule has 2 aromatic heterocycles. The van der Waals surface area contributed by atoms with Gasteiger partial charge in [-0.2, -0.15) is 5.10 Å². The molecule has 2 N–H and O–H groups in total. The van der Waals surface area contributed by atoms with Crippen LogP contribution in [-0.4, -0.2) is 21.1 Å². The number of H-pyrrole nitrogens is 1. The number of aromatic amines is 1. The number of rotatable bonds is 3. The zero-order chi connectivity index (χ0) is 10.5. The average Bonchev–Trinajstić information content (AvgIpc) is 2.81. The summed E-state index contributed by atoms with van der Waals surface area (Å²) in [6.07, 6.45) is 4.93. The van der Waals surface area contributed by atoms with Crippen LogP contribution in [-0.2, 0) is 6.54 Å². The van der Waals surface area contributed by atoms with Gasteiger partial charge in [-0.3, -0.25) is 14.9 Å². The van der Waals surface area contributed by atoms with E-state index in [-0.39, 0.29) is 5.91 Å². The van der Waals surface area contributed by atoms with Gasteiger partial charge < -0.3 is 5.32 Å². The number of hydrogen-bond donors (Lipinski definition) is 2. The first-order chi connectivity index (χ1) is 7.36. The first kappa shape index (κ1) is 9.39. The highest BCUT2D eigenvalue weighted by molar-refractivity contribution is 5.91.